The van der Waals surface area contributed by atoms with Gasteiger partial charge in [0.2, 0.25) is 6.79 Å². The number of cyclic esters (lactones) is 1. The fraction of sp³-hybridized carbons (Fsp3) is 0.750. The van der Waals surface area contributed by atoms with E-state index in [1.54, 1.807) is 0 Å². The number of carbonyl (C=O) groups excluding carboxylic acids is 1. The van der Waals surface area contributed by atoms with Gasteiger partial charge in [-0.05, 0) is 0 Å². The van der Waals surface area contributed by atoms with Gasteiger partial charge in [-0.2, -0.15) is 0 Å². The summed E-state index contributed by atoms with van der Waals surface area (Å²) in [5.41, 5.74) is 0. The number of hydrogen-bond donors (Lipinski definition) is 0. The second kappa shape index (κ2) is 2.11. The maximum Gasteiger partial charge on any atom is 0.524 e. The molecule has 0 bridgehead atoms. The maximum atomic E-state index is 10.3. The summed E-state index contributed by atoms with van der Waals surface area (Å²) in [5.74, 6) is -0.462. The van der Waals surface area contributed by atoms with Gasteiger partial charge in [0, 0.05) is 4.79 Å². The molecule has 0 saturated carbocycles. The lowest BCUT2D eigenvalue weighted by Crippen LogP contribution is -2.38. The molecule has 1 aliphatic rings. The number of rotatable bonds is 0. The number of hydrogen-bond acceptors (Lipinski definition) is 3. The van der Waals surface area contributed by atoms with Crippen molar-refractivity contribution in [1.82, 2.24) is 0 Å². The fourth-order valence-electron chi connectivity index (χ4n) is 0.470. The minimum atomic E-state index is -0.462. The van der Waals surface area contributed by atoms with Gasteiger partial charge in [0.05, 0.1) is 6.61 Å². The molecule has 4 nitrogen and oxygen atoms in total. The van der Waals surface area contributed by atoms with E-state index in [0.29, 0.717) is 6.61 Å². The highest BCUT2D eigenvalue weighted by Crippen LogP contribution is 2.00. The van der Waals surface area contributed by atoms with E-state index in [1.807, 2.05) is 0 Å². The van der Waals surface area contributed by atoms with Crippen LogP contribution in [0, 0.1) is 0 Å². The highest BCUT2D eigenvalue weighted by molar-refractivity contribution is 5.70. The van der Waals surface area contributed by atoms with Crippen LogP contribution >= 0.6 is 0 Å². The van der Waals surface area contributed by atoms with Crippen molar-refractivity contribution in [2.45, 2.75) is 6.42 Å². The van der Waals surface area contributed by atoms with E-state index in [1.165, 1.54) is 0 Å². The monoisotopic (exact) mass is 118 g/mol. The van der Waals surface area contributed by atoms with Crippen molar-refractivity contribution in [3.05, 3.63) is 0 Å². The van der Waals surface area contributed by atoms with E-state index < -0.39 is 5.97 Å². The van der Waals surface area contributed by atoms with Gasteiger partial charge in [0.25, 0.3) is 0 Å². The lowest BCUT2D eigenvalue weighted by atomic mass is 10.4. The molecule has 1 heterocycles. The molecule has 0 aromatic heterocycles. The van der Waals surface area contributed by atoms with Gasteiger partial charge in [-0.3, -0.25) is 0 Å². The molecule has 46 valence electrons. The Kier molecular flexibility index (Phi) is 1.45. The van der Waals surface area contributed by atoms with Gasteiger partial charge >= 0.3 is 5.97 Å². The number of ether oxygens (including phenoxy) is 1. The Balaban J connectivity index is 2.39. The van der Waals surface area contributed by atoms with Crippen molar-refractivity contribution < 1.29 is 19.3 Å². The van der Waals surface area contributed by atoms with Gasteiger partial charge in [0.1, 0.15) is 6.42 Å². The van der Waals surface area contributed by atoms with Crippen LogP contribution in [0.15, 0.2) is 0 Å². The normalized spacial score (nSPS) is 21.6. The van der Waals surface area contributed by atoms with Gasteiger partial charge in [-0.25, -0.2) is 0 Å². The summed E-state index contributed by atoms with van der Waals surface area (Å²) >= 11 is 0. The average molecular weight is 118 g/mol. The third-order valence-corrected chi connectivity index (χ3v) is 0.895. The molecule has 0 radical (unpaired) electrons. The van der Waals surface area contributed by atoms with Crippen LogP contribution in [0.5, 0.6) is 0 Å². The van der Waals surface area contributed by atoms with Gasteiger partial charge < -0.3 is 14.5 Å². The van der Waals surface area contributed by atoms with Crippen LogP contribution in [0.3, 0.4) is 0 Å². The molecule has 1 fully saturated rings. The van der Waals surface area contributed by atoms with E-state index in [2.05, 4.69) is 4.74 Å². The van der Waals surface area contributed by atoms with Crippen molar-refractivity contribution in [1.29, 1.82) is 0 Å². The van der Waals surface area contributed by atoms with Crippen LogP contribution in [0.2, 0.25) is 0 Å². The van der Waals surface area contributed by atoms with Crippen molar-refractivity contribution in [3.8, 4) is 0 Å². The first kappa shape index (κ1) is 5.53. The van der Waals surface area contributed by atoms with Crippen molar-refractivity contribution in [2.24, 2.45) is 0 Å². The molecular formula is C4H6O4. The molecule has 1 saturated heterocycles. The molecule has 0 atom stereocenters. The zero-order chi connectivity index (χ0) is 5.98. The zero-order valence-electron chi connectivity index (χ0n) is 4.25. The van der Waals surface area contributed by atoms with Crippen molar-refractivity contribution in [2.75, 3.05) is 13.4 Å². The average Bonchev–Trinajstić information content (AvgIpc) is 1.77. The van der Waals surface area contributed by atoms with E-state index in [0.717, 1.165) is 4.52 Å². The van der Waals surface area contributed by atoms with Gasteiger partial charge in [0.15, 0.2) is 0 Å². The first-order valence-corrected chi connectivity index (χ1v) is 2.29. The van der Waals surface area contributed by atoms with Crippen LogP contribution in [-0.4, -0.2) is 19.4 Å². The first-order chi connectivity index (χ1) is 3.80. The molecule has 0 N–H and O–H groups in total. The standard InChI is InChI=1S/C4H6O4/c5-4-1-2-7-3-8(4)6/h1-3H2. The lowest BCUT2D eigenvalue weighted by molar-refractivity contribution is -0.773. The predicted octanol–water partition coefficient (Wildman–Crippen LogP) is -1.28. The maximum absolute atomic E-state index is 10.3. The second-order valence-corrected chi connectivity index (χ2v) is 1.49. The van der Waals surface area contributed by atoms with Crippen molar-refractivity contribution >= 4 is 5.97 Å². The topological polar surface area (TPSA) is 52.1 Å². The third-order valence-electron chi connectivity index (χ3n) is 0.895. The molecule has 1 rings (SSSR count). The molecule has 1 aliphatic heterocycles. The fourth-order valence-corrected chi connectivity index (χ4v) is 0.470. The Morgan fingerprint density at radius 2 is 2.50 bits per heavy atom. The third kappa shape index (κ3) is 0.962. The minimum Gasteiger partial charge on any atom is -0.592 e. The van der Waals surface area contributed by atoms with Crippen LogP contribution in [0.1, 0.15) is 6.42 Å². The van der Waals surface area contributed by atoms with E-state index >= 15 is 0 Å². The molecular weight excluding hydrogens is 112 g/mol. The van der Waals surface area contributed by atoms with E-state index in [-0.39, 0.29) is 13.2 Å². The molecule has 0 aromatic carbocycles. The summed E-state index contributed by atoms with van der Waals surface area (Å²) < 4.78 is 5.65. The summed E-state index contributed by atoms with van der Waals surface area (Å²) in [6.45, 7) is 0.184. The Bertz CT molecular complexity index is 100. The van der Waals surface area contributed by atoms with Crippen molar-refractivity contribution in [3.63, 3.8) is 0 Å². The Labute approximate surface area is 46.3 Å². The summed E-state index contributed by atoms with van der Waals surface area (Å²) in [7, 11) is 0. The minimum absolute atomic E-state index is 0.182. The first-order valence-electron chi connectivity index (χ1n) is 2.29. The highest BCUT2D eigenvalue weighted by Gasteiger charge is 2.19. The summed E-state index contributed by atoms with van der Waals surface area (Å²) in [4.78, 5) is 10.3. The van der Waals surface area contributed by atoms with Crippen LogP contribution in [-0.2, 0) is 14.0 Å². The summed E-state index contributed by atoms with van der Waals surface area (Å²) in [5, 5.41) is 10.2. The molecule has 0 spiro atoms. The lowest BCUT2D eigenvalue weighted by Gasteiger charge is -2.28. The molecule has 0 amide bonds. The van der Waals surface area contributed by atoms with E-state index in [4.69, 9.17) is 0 Å². The number of carbonyl (C=O) groups is 1. The van der Waals surface area contributed by atoms with E-state index in [9.17, 15) is 10.1 Å². The van der Waals surface area contributed by atoms with Crippen LogP contribution < -0.4 is 5.26 Å². The van der Waals surface area contributed by atoms with Crippen LogP contribution in [0.25, 0.3) is 0 Å². The molecule has 0 unspecified atom stereocenters. The quantitative estimate of drug-likeness (QED) is 0.226. The predicted molar refractivity (Wildman–Crippen MR) is 21.5 cm³/mol. The Morgan fingerprint density at radius 1 is 1.75 bits per heavy atom. The summed E-state index contributed by atoms with van der Waals surface area (Å²) in [6.07, 6.45) is 0.189. The largest absolute Gasteiger partial charge is 0.592 e. The molecule has 0 aliphatic carbocycles. The Hall–Kier alpha value is -0.610. The zero-order valence-corrected chi connectivity index (χ0v) is 4.25. The Morgan fingerprint density at radius 3 is 2.88 bits per heavy atom. The molecule has 0 aromatic rings. The van der Waals surface area contributed by atoms with Gasteiger partial charge in [-0.1, -0.05) is 0 Å². The summed E-state index contributed by atoms with van der Waals surface area (Å²) in [6, 6.07) is 0. The molecule has 4 heteroatoms. The smallest absolute Gasteiger partial charge is 0.524 e. The molecule has 8 heavy (non-hydrogen) atoms. The highest BCUT2D eigenvalue weighted by atomic mass is 17.3. The SMILES string of the molecule is O=C1CCOC[O+]1[O-]. The second-order valence-electron chi connectivity index (χ2n) is 1.49. The van der Waals surface area contributed by atoms with Crippen LogP contribution in [0.4, 0.5) is 0 Å². The van der Waals surface area contributed by atoms with Gasteiger partial charge in [-0.15, -0.1) is 0 Å².